The van der Waals surface area contributed by atoms with Gasteiger partial charge in [-0.15, -0.1) is 0 Å². The third-order valence-electron chi connectivity index (χ3n) is 12.2. The van der Waals surface area contributed by atoms with E-state index in [1.54, 1.807) is 18.2 Å². The van der Waals surface area contributed by atoms with Gasteiger partial charge in [0.15, 0.2) is 5.78 Å². The van der Waals surface area contributed by atoms with Crippen LogP contribution in [0.25, 0.3) is 10.8 Å². The van der Waals surface area contributed by atoms with Crippen LogP contribution in [0.5, 0.6) is 11.6 Å². The second kappa shape index (κ2) is 15.9. The van der Waals surface area contributed by atoms with E-state index >= 15 is 0 Å². The Bertz CT molecular complexity index is 1830. The number of Topliss-reactive ketones (excluding diaryl/α,β-unsaturated/α-hetero) is 1. The molecule has 5 atom stereocenters. The molecule has 5 bridgehead atoms. The second-order valence-corrected chi connectivity index (χ2v) is 18.0. The molecule has 4 heterocycles. The number of nitrogens with zero attached hydrogens (tertiary/aromatic N) is 2. The number of hydrogen-bond acceptors (Lipinski definition) is 10. The molecule has 0 radical (unpaired) electrons. The average molecular weight is 752 g/mol. The number of fused-ring (bicyclic) bond motifs is 4. The number of ketones is 1. The molecule has 3 aliphatic heterocycles. The van der Waals surface area contributed by atoms with Crippen LogP contribution in [-0.2, 0) is 40.4 Å². The molecule has 2 saturated heterocycles. The first kappa shape index (κ1) is 37.6. The number of cyclic esters (lactones) is 1. The van der Waals surface area contributed by atoms with Crippen molar-refractivity contribution in [3.05, 3.63) is 30.0 Å². The maximum Gasteiger partial charge on any atom is 0.306 e. The van der Waals surface area contributed by atoms with Gasteiger partial charge in [-0.2, -0.15) is 0 Å². The van der Waals surface area contributed by atoms with Gasteiger partial charge in [0.25, 0.3) is 0 Å². The summed E-state index contributed by atoms with van der Waals surface area (Å²) in [5, 5.41) is 1.14. The molecule has 1 N–H and O–H groups in total. The molecule has 1 aromatic heterocycles. The molecule has 288 valence electrons. The summed E-state index contributed by atoms with van der Waals surface area (Å²) < 4.78 is 46.1. The molecule has 7 rings (SSSR count). The smallest absolute Gasteiger partial charge is 0.306 e. The minimum absolute atomic E-state index is 0.0678. The number of benzene rings is 1. The summed E-state index contributed by atoms with van der Waals surface area (Å²) in [6.45, 7) is 0.400. The number of nitrogens with one attached hydrogen (secondary N) is 1. The van der Waals surface area contributed by atoms with E-state index in [0.29, 0.717) is 31.6 Å². The van der Waals surface area contributed by atoms with Crippen molar-refractivity contribution in [1.29, 1.82) is 0 Å². The summed E-state index contributed by atoms with van der Waals surface area (Å²) in [5.74, 6) is -1.19. The zero-order chi connectivity index (χ0) is 37.2. The number of pyridine rings is 1. The van der Waals surface area contributed by atoms with E-state index in [2.05, 4.69) is 15.8 Å². The minimum atomic E-state index is -3.81. The van der Waals surface area contributed by atoms with Gasteiger partial charge in [0.2, 0.25) is 27.7 Å². The van der Waals surface area contributed by atoms with Crippen LogP contribution in [0.15, 0.2) is 24.4 Å². The monoisotopic (exact) mass is 751 g/mol. The number of methoxy groups -OCH3 is 1. The number of hydrogen-bond donors (Lipinski definition) is 1. The zero-order valence-electron chi connectivity index (χ0n) is 30.8. The van der Waals surface area contributed by atoms with Crippen molar-refractivity contribution in [3.8, 4) is 11.6 Å². The standard InChI is InChI=1S/C40H53N3O9S/c1-50-35-20-26-16-17-41-37-32(26)19-27(35)11-7-5-6-10-18-51-36(45)21-28-12-8-3-2-4-9-13-29-23-40(29,39(47)42-53(48,49)31-14-15-31)24-34(44)33-22-30(52-37)25-43(33)38(28)46/h16-17,19-20,28-31,33H,2-15,18,21-25H2,1H3,(H,42,47)/t28-,29-,30-,33+,40-/m1/s1. The Morgan fingerprint density at radius 2 is 1.74 bits per heavy atom. The number of ether oxygens (including phenoxy) is 3. The topological polar surface area (TPSA) is 158 Å². The van der Waals surface area contributed by atoms with Gasteiger partial charge in [0, 0.05) is 30.3 Å². The molecule has 13 heteroatoms. The number of esters is 1. The van der Waals surface area contributed by atoms with Crippen LogP contribution >= 0.6 is 0 Å². The first-order valence-corrected chi connectivity index (χ1v) is 21.3. The number of sulfonamides is 1. The minimum Gasteiger partial charge on any atom is -0.496 e. The van der Waals surface area contributed by atoms with Crippen molar-refractivity contribution in [3.63, 3.8) is 0 Å². The Hall–Kier alpha value is -3.74. The summed E-state index contributed by atoms with van der Waals surface area (Å²) in [7, 11) is -2.15. The lowest BCUT2D eigenvalue weighted by molar-refractivity contribution is -0.150. The van der Waals surface area contributed by atoms with Gasteiger partial charge in [-0.25, -0.2) is 13.4 Å². The quantitative estimate of drug-likeness (QED) is 0.392. The van der Waals surface area contributed by atoms with Crippen LogP contribution in [-0.4, -0.2) is 79.5 Å². The van der Waals surface area contributed by atoms with Crippen molar-refractivity contribution in [1.82, 2.24) is 14.6 Å². The third-order valence-corrected chi connectivity index (χ3v) is 14.0. The molecule has 12 nitrogen and oxygen atoms in total. The number of carbonyl (C=O) groups excluding carboxylic acids is 4. The molecule has 5 aliphatic rings. The van der Waals surface area contributed by atoms with Gasteiger partial charge in [0.1, 0.15) is 11.9 Å². The lowest BCUT2D eigenvalue weighted by Crippen LogP contribution is -2.46. The predicted octanol–water partition coefficient (Wildman–Crippen LogP) is 5.58. The Morgan fingerprint density at radius 1 is 0.981 bits per heavy atom. The Labute approximate surface area is 312 Å². The molecule has 53 heavy (non-hydrogen) atoms. The maximum absolute atomic E-state index is 14.6. The highest BCUT2D eigenvalue weighted by Crippen LogP contribution is 2.59. The number of aromatic nitrogens is 1. The maximum atomic E-state index is 14.6. The molecule has 2 saturated carbocycles. The summed E-state index contributed by atoms with van der Waals surface area (Å²) >= 11 is 0. The van der Waals surface area contributed by atoms with E-state index in [0.717, 1.165) is 92.7 Å². The third kappa shape index (κ3) is 8.49. The average Bonchev–Trinajstić information content (AvgIpc) is 4.06. The Morgan fingerprint density at radius 3 is 2.53 bits per heavy atom. The molecule has 1 aromatic carbocycles. The summed E-state index contributed by atoms with van der Waals surface area (Å²) in [6, 6.07) is 5.03. The summed E-state index contributed by atoms with van der Waals surface area (Å²) in [6.07, 6.45) is 12.5. The van der Waals surface area contributed by atoms with Gasteiger partial charge < -0.3 is 19.1 Å². The largest absolute Gasteiger partial charge is 0.496 e. The Balaban J connectivity index is 1.22. The first-order chi connectivity index (χ1) is 25.6. The first-order valence-electron chi connectivity index (χ1n) is 19.7. The molecule has 2 amide bonds. The van der Waals surface area contributed by atoms with Gasteiger partial charge in [-0.05, 0) is 86.4 Å². The van der Waals surface area contributed by atoms with Crippen molar-refractivity contribution in [2.75, 3.05) is 20.3 Å². The van der Waals surface area contributed by atoms with Crippen LogP contribution < -0.4 is 14.2 Å². The second-order valence-electron chi connectivity index (χ2n) is 16.0. The summed E-state index contributed by atoms with van der Waals surface area (Å²) in [4.78, 5) is 62.2. The molecule has 4 fully saturated rings. The highest BCUT2D eigenvalue weighted by atomic mass is 32.2. The fourth-order valence-electron chi connectivity index (χ4n) is 8.82. The van der Waals surface area contributed by atoms with E-state index in [1.807, 2.05) is 12.1 Å². The number of carbonyl (C=O) groups is 4. The van der Waals surface area contributed by atoms with Crippen molar-refractivity contribution in [2.24, 2.45) is 17.3 Å². The fraction of sp³-hybridized carbons (Fsp3) is 0.675. The van der Waals surface area contributed by atoms with E-state index in [-0.39, 0.29) is 50.0 Å². The lowest BCUT2D eigenvalue weighted by atomic mass is 9.90. The molecule has 2 aromatic rings. The van der Waals surface area contributed by atoms with Crippen LogP contribution in [0.3, 0.4) is 0 Å². The number of aryl methyl sites for hydroxylation is 1. The number of amides is 2. The van der Waals surface area contributed by atoms with E-state index < -0.39 is 50.6 Å². The van der Waals surface area contributed by atoms with Crippen molar-refractivity contribution < 1.29 is 41.8 Å². The highest BCUT2D eigenvalue weighted by Gasteiger charge is 2.62. The molecule has 2 aliphatic carbocycles. The fourth-order valence-corrected chi connectivity index (χ4v) is 10.2. The molecular weight excluding hydrogens is 699 g/mol. The van der Waals surface area contributed by atoms with Crippen LogP contribution in [0.4, 0.5) is 0 Å². The van der Waals surface area contributed by atoms with Gasteiger partial charge in [-0.3, -0.25) is 23.9 Å². The predicted molar refractivity (Wildman–Crippen MR) is 197 cm³/mol. The van der Waals surface area contributed by atoms with Crippen LogP contribution in [0, 0.1) is 17.3 Å². The van der Waals surface area contributed by atoms with Gasteiger partial charge in [-0.1, -0.05) is 44.9 Å². The normalized spacial score (nSPS) is 29.5. The van der Waals surface area contributed by atoms with Gasteiger partial charge in [0.05, 0.1) is 43.4 Å². The van der Waals surface area contributed by atoms with E-state index in [1.165, 1.54) is 0 Å². The highest BCUT2D eigenvalue weighted by molar-refractivity contribution is 7.90. The number of rotatable bonds is 4. The molecular formula is C40H53N3O9S. The SMILES string of the molecule is COc1cc2ccnc3c2cc1CCCCCCOC(=O)C[C@H]1CCCCCCC[C@@H]2C[C@@]2(C(=O)NS(=O)(=O)C2CC2)CC(=O)[C@@H]2C[C@H](CN2C1=O)O3. The molecule has 0 unspecified atom stereocenters. The van der Waals surface area contributed by atoms with Gasteiger partial charge >= 0.3 is 5.97 Å². The lowest BCUT2D eigenvalue weighted by Gasteiger charge is -2.29. The van der Waals surface area contributed by atoms with E-state index in [4.69, 9.17) is 14.2 Å². The zero-order valence-corrected chi connectivity index (χ0v) is 31.6. The van der Waals surface area contributed by atoms with Crippen LogP contribution in [0.1, 0.15) is 115 Å². The van der Waals surface area contributed by atoms with Crippen molar-refractivity contribution >= 4 is 44.4 Å². The van der Waals surface area contributed by atoms with E-state index in [9.17, 15) is 27.6 Å². The van der Waals surface area contributed by atoms with Crippen molar-refractivity contribution in [2.45, 2.75) is 133 Å². The molecule has 0 spiro atoms. The summed E-state index contributed by atoms with van der Waals surface area (Å²) in [5.41, 5.74) is -0.103. The Kier molecular flexibility index (Phi) is 11.3. The van der Waals surface area contributed by atoms with Crippen LogP contribution in [0.2, 0.25) is 0 Å².